The molecule has 3 aliphatic heterocycles. The van der Waals surface area contributed by atoms with E-state index in [1.165, 1.54) is 43.0 Å². The van der Waals surface area contributed by atoms with Crippen LogP contribution in [-0.2, 0) is 56.0 Å². The molecular weight excluding hydrogens is 955 g/mol. The number of sulfone groups is 1. The first-order chi connectivity index (χ1) is 33.4. The molecule has 0 saturated carbocycles. The Morgan fingerprint density at radius 3 is 2.25 bits per heavy atom. The first-order valence-electron chi connectivity index (χ1n) is 25.4. The number of benzene rings is 1. The summed E-state index contributed by atoms with van der Waals surface area (Å²) in [5.41, 5.74) is -3.49. The van der Waals surface area contributed by atoms with Crippen molar-refractivity contribution < 1.29 is 72.0 Å². The van der Waals surface area contributed by atoms with Crippen molar-refractivity contribution in [2.24, 2.45) is 17.8 Å². The Balaban J connectivity index is 1.41. The zero-order valence-electron chi connectivity index (χ0n) is 44.9. The molecule has 410 valence electrons. The average Bonchev–Trinajstić information content (AvgIpc) is 3.76. The van der Waals surface area contributed by atoms with E-state index in [4.69, 9.17) is 28.4 Å². The van der Waals surface area contributed by atoms with Crippen molar-refractivity contribution in [2.75, 3.05) is 47.2 Å². The second-order valence-electron chi connectivity index (χ2n) is 21.9. The van der Waals surface area contributed by atoms with Gasteiger partial charge in [0.15, 0.2) is 21.9 Å². The summed E-state index contributed by atoms with van der Waals surface area (Å²) in [7, 11) is 1.81. The second kappa shape index (κ2) is 24.3. The minimum absolute atomic E-state index is 0.0402. The van der Waals surface area contributed by atoms with Gasteiger partial charge in [0.1, 0.15) is 36.6 Å². The Labute approximate surface area is 426 Å². The number of cyclic esters (lactones) is 1. The van der Waals surface area contributed by atoms with Crippen LogP contribution >= 0.6 is 0 Å². The summed E-state index contributed by atoms with van der Waals surface area (Å²) in [6.45, 7) is 18.2. The number of aliphatic hydroxyl groups is 5. The van der Waals surface area contributed by atoms with Crippen LogP contribution in [0.4, 0.5) is 0 Å². The molecule has 1 aromatic carbocycles. The lowest BCUT2D eigenvalue weighted by Crippen LogP contribution is -2.60. The van der Waals surface area contributed by atoms with E-state index in [9.17, 15) is 43.5 Å². The Morgan fingerprint density at radius 1 is 0.986 bits per heavy atom. The van der Waals surface area contributed by atoms with Crippen LogP contribution in [-0.4, -0.2) is 208 Å². The molecule has 5 rings (SSSR count). The number of ketones is 1. The third-order valence-electron chi connectivity index (χ3n) is 15.6. The van der Waals surface area contributed by atoms with Crippen molar-refractivity contribution >= 4 is 21.6 Å². The number of methoxy groups -OCH3 is 1. The van der Waals surface area contributed by atoms with Crippen LogP contribution in [0.2, 0.25) is 0 Å². The number of hydrogen-bond donors (Lipinski definition) is 5. The molecule has 72 heavy (non-hydrogen) atoms. The van der Waals surface area contributed by atoms with E-state index < -0.39 is 118 Å². The second-order valence-corrected chi connectivity index (χ2v) is 24.0. The zero-order chi connectivity index (χ0) is 53.8. The summed E-state index contributed by atoms with van der Waals surface area (Å²) in [5, 5.41) is 67.9. The number of aromatic nitrogens is 3. The minimum Gasteiger partial charge on any atom is -0.459 e. The van der Waals surface area contributed by atoms with Gasteiger partial charge in [-0.2, -0.15) is 0 Å². The van der Waals surface area contributed by atoms with Gasteiger partial charge in [-0.3, -0.25) is 9.59 Å². The zero-order valence-corrected chi connectivity index (χ0v) is 45.7. The fraction of sp³-hybridized carbons (Fsp3) is 0.804. The Kier molecular flexibility index (Phi) is 20.2. The standard InChI is InChI=1S/C51H85N5O15S/c1-15-41-51(10,63)44(59)33(6)55(12)25-29(2)23-49(8,62)46(31(4)43(32(5)47(61)70-41)67-28-37-24-50(9,66-13)45(60)34(7)69-37)71-48-42(58)39(22-30(3)68-48)54(11)21-20-36-26-56(53-52-36)27-40(57)35-16-18-38(19-17-35)72(14,64)65/h16-19,26,29-34,37,39,41-46,48,58-60,62-63H,15,20-25,27-28H2,1-14H3/t29-,30-,31+,32-,33-,34+,37-,39+,41-,42-,43+,44-,45+,46-,48+,49-,50-,51-/m1/s1. The fourth-order valence-electron chi connectivity index (χ4n) is 11.1. The van der Waals surface area contributed by atoms with Crippen LogP contribution in [0.15, 0.2) is 35.4 Å². The first-order valence-corrected chi connectivity index (χ1v) is 27.3. The molecule has 21 heteroatoms. The van der Waals surface area contributed by atoms with Crippen LogP contribution in [0.5, 0.6) is 0 Å². The van der Waals surface area contributed by atoms with E-state index in [0.717, 1.165) is 6.26 Å². The molecule has 20 nitrogen and oxygen atoms in total. The maximum Gasteiger partial charge on any atom is 0.311 e. The molecule has 0 bridgehead atoms. The molecule has 3 aliphatic rings. The predicted octanol–water partition coefficient (Wildman–Crippen LogP) is 2.43. The molecule has 0 unspecified atom stereocenters. The summed E-state index contributed by atoms with van der Waals surface area (Å²) < 4.78 is 63.3. The molecule has 4 heterocycles. The number of Topliss-reactive ketones (excluding diaryl/α,β-unsaturated/α-hetero) is 1. The lowest BCUT2D eigenvalue weighted by Gasteiger charge is -2.48. The Morgan fingerprint density at radius 2 is 1.64 bits per heavy atom. The van der Waals surface area contributed by atoms with Crippen molar-refractivity contribution in [2.45, 2.75) is 203 Å². The molecule has 5 N–H and O–H groups in total. The minimum atomic E-state index is -3.41. The van der Waals surface area contributed by atoms with Crippen molar-refractivity contribution in [3.05, 3.63) is 41.7 Å². The summed E-state index contributed by atoms with van der Waals surface area (Å²) in [4.78, 5) is 31.5. The third-order valence-corrected chi connectivity index (χ3v) is 16.7. The van der Waals surface area contributed by atoms with Crippen LogP contribution in [0.1, 0.15) is 111 Å². The van der Waals surface area contributed by atoms with Gasteiger partial charge >= 0.3 is 5.97 Å². The molecular formula is C51H85N5O15S. The van der Waals surface area contributed by atoms with Crippen molar-refractivity contribution in [3.8, 4) is 0 Å². The normalized spacial score (nSPS) is 39.3. The molecule has 0 amide bonds. The maximum absolute atomic E-state index is 14.4. The quantitative estimate of drug-likeness (QED) is 0.127. The number of likely N-dealkylation sites (N-methyl/N-ethyl adjacent to an activating group) is 2. The van der Waals surface area contributed by atoms with Gasteiger partial charge in [-0.25, -0.2) is 13.1 Å². The van der Waals surface area contributed by atoms with Gasteiger partial charge in [0.05, 0.1) is 64.8 Å². The molecule has 2 aromatic rings. The number of esters is 1. The van der Waals surface area contributed by atoms with Gasteiger partial charge in [0.25, 0.3) is 0 Å². The Bertz CT molecular complexity index is 2200. The van der Waals surface area contributed by atoms with Gasteiger partial charge in [0, 0.05) is 69.1 Å². The monoisotopic (exact) mass is 1040 g/mol. The van der Waals surface area contributed by atoms with Crippen molar-refractivity contribution in [3.63, 3.8) is 0 Å². The number of rotatable bonds is 15. The topological polar surface area (TPSA) is 262 Å². The van der Waals surface area contributed by atoms with Crippen LogP contribution in [0.3, 0.4) is 0 Å². The van der Waals surface area contributed by atoms with E-state index in [1.54, 1.807) is 47.7 Å². The SMILES string of the molecule is CC[C@H]1OC(=O)[C@H](C)[C@@H](OC[C@H]2C[C@@](C)(OC)[C@@H](O)[C@H](C)O2)[C@H](C)[C@@H](O[C@@H]2O[C@H](C)C[C@H](N(C)CCc3cn(CC(=O)c4ccc(S(C)(=O)=O)cc4)nn3)[C@H]2O)[C@](C)(O)C[C@@H](C)CN(C)[C@H](C)[C@@H](O)[C@]1(C)O. The van der Waals surface area contributed by atoms with Gasteiger partial charge in [0.2, 0.25) is 0 Å². The lowest BCUT2D eigenvalue weighted by molar-refractivity contribution is -0.301. The summed E-state index contributed by atoms with van der Waals surface area (Å²) in [5.74, 6) is -3.02. The molecule has 18 atom stereocenters. The van der Waals surface area contributed by atoms with E-state index in [-0.39, 0.29) is 49.0 Å². The van der Waals surface area contributed by atoms with Crippen LogP contribution in [0, 0.1) is 17.8 Å². The fourth-order valence-corrected chi connectivity index (χ4v) is 11.7. The predicted molar refractivity (Wildman–Crippen MR) is 266 cm³/mol. The Hall–Kier alpha value is -3.03. The highest BCUT2D eigenvalue weighted by Gasteiger charge is 2.52. The van der Waals surface area contributed by atoms with E-state index in [1.807, 2.05) is 44.7 Å². The number of hydrogen-bond acceptors (Lipinski definition) is 19. The lowest BCUT2D eigenvalue weighted by atomic mass is 9.77. The molecule has 3 fully saturated rings. The van der Waals surface area contributed by atoms with Gasteiger partial charge < -0.3 is 63.8 Å². The molecule has 0 radical (unpaired) electrons. The van der Waals surface area contributed by atoms with E-state index in [0.29, 0.717) is 37.2 Å². The smallest absolute Gasteiger partial charge is 0.311 e. The summed E-state index contributed by atoms with van der Waals surface area (Å²) in [6.07, 6.45) is -5.27. The van der Waals surface area contributed by atoms with E-state index >= 15 is 0 Å². The number of carbonyl (C=O) groups is 2. The van der Waals surface area contributed by atoms with Gasteiger partial charge in [-0.15, -0.1) is 5.10 Å². The third kappa shape index (κ3) is 14.3. The number of aliphatic hydroxyl groups excluding tert-OH is 3. The number of ether oxygens (including phenoxy) is 6. The molecule has 0 spiro atoms. The number of nitrogens with zero attached hydrogens (tertiary/aromatic N) is 5. The van der Waals surface area contributed by atoms with Crippen molar-refractivity contribution in [1.29, 1.82) is 0 Å². The summed E-state index contributed by atoms with van der Waals surface area (Å²) in [6, 6.07) is 4.66. The number of carbonyl (C=O) groups excluding carboxylic acids is 2. The average molecular weight is 1040 g/mol. The van der Waals surface area contributed by atoms with Crippen LogP contribution in [0.25, 0.3) is 0 Å². The largest absolute Gasteiger partial charge is 0.459 e. The molecule has 3 saturated heterocycles. The highest BCUT2D eigenvalue weighted by Crippen LogP contribution is 2.39. The molecule has 1 aromatic heterocycles. The van der Waals surface area contributed by atoms with E-state index in [2.05, 4.69) is 10.3 Å². The maximum atomic E-state index is 14.4. The highest BCUT2D eigenvalue weighted by atomic mass is 32.2. The highest BCUT2D eigenvalue weighted by molar-refractivity contribution is 7.90. The van der Waals surface area contributed by atoms with Crippen molar-refractivity contribution in [1.82, 2.24) is 24.8 Å². The first kappa shape index (κ1) is 59.8. The molecule has 0 aliphatic carbocycles. The van der Waals surface area contributed by atoms with Gasteiger partial charge in [-0.05, 0) is 99.9 Å². The summed E-state index contributed by atoms with van der Waals surface area (Å²) >= 11 is 0. The van der Waals surface area contributed by atoms with Crippen LogP contribution < -0.4 is 0 Å². The van der Waals surface area contributed by atoms with Gasteiger partial charge in [-0.1, -0.05) is 38.1 Å².